The Labute approximate surface area is 162 Å². The van der Waals surface area contributed by atoms with E-state index in [9.17, 15) is 5.26 Å². The first kappa shape index (κ1) is 17.5. The maximum atomic E-state index is 9.90. The fourth-order valence-corrected chi connectivity index (χ4v) is 3.64. The predicted molar refractivity (Wildman–Crippen MR) is 104 cm³/mol. The van der Waals surface area contributed by atoms with Gasteiger partial charge in [0.15, 0.2) is 5.82 Å². The van der Waals surface area contributed by atoms with Crippen molar-refractivity contribution < 1.29 is 4.74 Å². The van der Waals surface area contributed by atoms with Crippen LogP contribution in [0.5, 0.6) is 0 Å². The Bertz CT molecular complexity index is 1010. The van der Waals surface area contributed by atoms with Crippen LogP contribution in [-0.2, 0) is 11.3 Å². The molecule has 2 unspecified atom stereocenters. The van der Waals surface area contributed by atoms with Gasteiger partial charge in [0.2, 0.25) is 0 Å². The zero-order chi connectivity index (χ0) is 18.6. The number of aromatic nitrogens is 2. The lowest BCUT2D eigenvalue weighted by molar-refractivity contribution is 0.155. The van der Waals surface area contributed by atoms with Crippen LogP contribution in [0.2, 0.25) is 5.02 Å². The molecule has 5 nitrogen and oxygen atoms in total. The highest BCUT2D eigenvalue weighted by Crippen LogP contribution is 2.43. The zero-order valence-electron chi connectivity index (χ0n) is 14.5. The van der Waals surface area contributed by atoms with Gasteiger partial charge in [0.05, 0.1) is 37.1 Å². The molecule has 4 rings (SSSR count). The summed E-state index contributed by atoms with van der Waals surface area (Å²) in [5.74, 6) is -0.0409. The molecule has 2 atom stereocenters. The Kier molecular flexibility index (Phi) is 5.01. The molecular weight excluding hydrogens is 360 g/mol. The molecule has 0 amide bonds. The lowest BCUT2D eigenvalue weighted by Crippen LogP contribution is -2.28. The summed E-state index contributed by atoms with van der Waals surface area (Å²) in [7, 11) is 0. The zero-order valence-corrected chi connectivity index (χ0v) is 15.2. The highest BCUT2D eigenvalue weighted by atomic mass is 35.5. The van der Waals surface area contributed by atoms with Crippen LogP contribution in [0, 0.1) is 17.2 Å². The van der Waals surface area contributed by atoms with E-state index in [1.54, 1.807) is 6.20 Å². The number of rotatable bonds is 5. The molecule has 0 fully saturated rings. The van der Waals surface area contributed by atoms with E-state index in [-0.39, 0.29) is 12.5 Å². The SMILES string of the molecule is N#CC1C(COCc2ccccc2)=Nc2[nH]ncc2C1c1ccccc1Cl. The Balaban J connectivity index is 1.62. The topological polar surface area (TPSA) is 74.1 Å². The molecule has 0 bridgehead atoms. The third-order valence-corrected chi connectivity index (χ3v) is 5.02. The number of H-pyrrole nitrogens is 1. The third-order valence-electron chi connectivity index (χ3n) is 4.67. The minimum atomic E-state index is -0.467. The molecule has 134 valence electrons. The second-order valence-corrected chi connectivity index (χ2v) is 6.77. The number of hydrogen-bond donors (Lipinski definition) is 1. The molecule has 1 aliphatic rings. The Morgan fingerprint density at radius 1 is 1.04 bits per heavy atom. The monoisotopic (exact) mass is 376 g/mol. The van der Waals surface area contributed by atoms with E-state index < -0.39 is 5.92 Å². The number of nitriles is 1. The normalized spacial score (nSPS) is 18.4. The molecule has 3 aromatic rings. The second-order valence-electron chi connectivity index (χ2n) is 6.36. The molecule has 0 aliphatic carbocycles. The van der Waals surface area contributed by atoms with Crippen LogP contribution in [0.4, 0.5) is 5.82 Å². The van der Waals surface area contributed by atoms with Gasteiger partial charge in [0.25, 0.3) is 0 Å². The van der Waals surface area contributed by atoms with Crippen molar-refractivity contribution in [3.05, 3.63) is 82.5 Å². The fourth-order valence-electron chi connectivity index (χ4n) is 3.38. The summed E-state index contributed by atoms with van der Waals surface area (Å²) in [6.45, 7) is 0.733. The van der Waals surface area contributed by atoms with Crippen LogP contribution in [0.25, 0.3) is 0 Å². The first-order valence-electron chi connectivity index (χ1n) is 8.64. The average molecular weight is 377 g/mol. The van der Waals surface area contributed by atoms with Gasteiger partial charge in [-0.15, -0.1) is 0 Å². The first-order chi connectivity index (χ1) is 13.3. The summed E-state index contributed by atoms with van der Waals surface area (Å²) in [6.07, 6.45) is 1.72. The van der Waals surface area contributed by atoms with Crippen molar-refractivity contribution in [3.8, 4) is 6.07 Å². The molecular formula is C21H17ClN4O. The summed E-state index contributed by atoms with van der Waals surface area (Å²) in [5.41, 5.74) is 3.52. The molecule has 1 N–H and O–H groups in total. The van der Waals surface area contributed by atoms with Crippen LogP contribution in [0.1, 0.15) is 22.6 Å². The number of aliphatic imine (C=N–C) groups is 1. The molecule has 0 spiro atoms. The predicted octanol–water partition coefficient (Wildman–Crippen LogP) is 4.64. The number of nitrogens with one attached hydrogen (secondary N) is 1. The number of hydrogen-bond acceptors (Lipinski definition) is 4. The highest BCUT2D eigenvalue weighted by Gasteiger charge is 2.36. The van der Waals surface area contributed by atoms with Crippen molar-refractivity contribution in [3.63, 3.8) is 0 Å². The number of ether oxygens (including phenoxy) is 1. The van der Waals surface area contributed by atoms with Crippen molar-refractivity contribution in [2.24, 2.45) is 10.9 Å². The molecule has 27 heavy (non-hydrogen) atoms. The van der Waals surface area contributed by atoms with Crippen LogP contribution < -0.4 is 0 Å². The first-order valence-corrected chi connectivity index (χ1v) is 9.02. The van der Waals surface area contributed by atoms with Gasteiger partial charge in [-0.25, -0.2) is 4.99 Å². The number of aromatic amines is 1. The van der Waals surface area contributed by atoms with Crippen molar-refractivity contribution in [2.75, 3.05) is 6.61 Å². The van der Waals surface area contributed by atoms with E-state index in [0.29, 0.717) is 23.2 Å². The van der Waals surface area contributed by atoms with Crippen molar-refractivity contribution in [1.82, 2.24) is 10.2 Å². The van der Waals surface area contributed by atoms with Gasteiger partial charge in [-0.3, -0.25) is 5.10 Å². The van der Waals surface area contributed by atoms with E-state index in [1.165, 1.54) is 0 Å². The Hall–Kier alpha value is -2.94. The van der Waals surface area contributed by atoms with Crippen molar-refractivity contribution >= 4 is 23.1 Å². The molecule has 0 saturated heterocycles. The van der Waals surface area contributed by atoms with Gasteiger partial charge in [0, 0.05) is 16.5 Å². The number of fused-ring (bicyclic) bond motifs is 1. The molecule has 6 heteroatoms. The molecule has 1 aliphatic heterocycles. The Morgan fingerprint density at radius 3 is 2.59 bits per heavy atom. The van der Waals surface area contributed by atoms with Crippen molar-refractivity contribution in [2.45, 2.75) is 12.5 Å². The van der Waals surface area contributed by atoms with E-state index in [2.05, 4.69) is 21.3 Å². The van der Waals surface area contributed by atoms with E-state index in [4.69, 9.17) is 16.3 Å². The highest BCUT2D eigenvalue weighted by molar-refractivity contribution is 6.31. The van der Waals surface area contributed by atoms with Gasteiger partial charge >= 0.3 is 0 Å². The van der Waals surface area contributed by atoms with Crippen LogP contribution >= 0.6 is 11.6 Å². The standard InChI is InChI=1S/C21H17ClN4O/c22-18-9-5-4-8-15(18)20-16(10-23)19(25-21-17(20)11-24-26-21)13-27-12-14-6-2-1-3-7-14/h1-9,11,16,20H,12-13H2,(H,24,26). The van der Waals surface area contributed by atoms with E-state index in [1.807, 2.05) is 54.6 Å². The smallest absolute Gasteiger partial charge is 0.151 e. The number of benzene rings is 2. The second kappa shape index (κ2) is 7.75. The lowest BCUT2D eigenvalue weighted by Gasteiger charge is -2.27. The summed E-state index contributed by atoms with van der Waals surface area (Å²) >= 11 is 6.43. The summed E-state index contributed by atoms with van der Waals surface area (Å²) in [6, 6.07) is 19.9. The number of nitrogens with zero attached hydrogens (tertiary/aromatic N) is 3. The maximum absolute atomic E-state index is 9.90. The fraction of sp³-hybridized carbons (Fsp3) is 0.190. The molecule has 0 saturated carbocycles. The summed E-state index contributed by atoms with van der Waals surface area (Å²) in [5, 5.41) is 17.6. The number of halogens is 1. The van der Waals surface area contributed by atoms with Gasteiger partial charge < -0.3 is 4.74 Å². The van der Waals surface area contributed by atoms with Crippen molar-refractivity contribution in [1.29, 1.82) is 5.26 Å². The molecule has 0 radical (unpaired) electrons. The van der Waals surface area contributed by atoms with E-state index >= 15 is 0 Å². The Morgan fingerprint density at radius 2 is 1.81 bits per heavy atom. The maximum Gasteiger partial charge on any atom is 0.151 e. The minimum Gasteiger partial charge on any atom is -0.371 e. The molecule has 1 aromatic heterocycles. The quantitative estimate of drug-likeness (QED) is 0.705. The largest absolute Gasteiger partial charge is 0.371 e. The summed E-state index contributed by atoms with van der Waals surface area (Å²) < 4.78 is 5.85. The van der Waals surface area contributed by atoms with E-state index in [0.717, 1.165) is 16.7 Å². The van der Waals surface area contributed by atoms with Gasteiger partial charge in [-0.05, 0) is 17.2 Å². The minimum absolute atomic E-state index is 0.231. The molecule has 2 aromatic carbocycles. The van der Waals surface area contributed by atoms with Gasteiger partial charge in [-0.1, -0.05) is 60.1 Å². The third kappa shape index (κ3) is 3.50. The lowest BCUT2D eigenvalue weighted by atomic mass is 9.78. The van der Waals surface area contributed by atoms with Crippen LogP contribution in [0.15, 0.2) is 65.8 Å². The van der Waals surface area contributed by atoms with Crippen LogP contribution in [0.3, 0.4) is 0 Å². The molecule has 2 heterocycles. The summed E-state index contributed by atoms with van der Waals surface area (Å²) in [4.78, 5) is 4.60. The average Bonchev–Trinajstić information content (AvgIpc) is 3.16. The van der Waals surface area contributed by atoms with Gasteiger partial charge in [0.1, 0.15) is 0 Å². The van der Waals surface area contributed by atoms with Gasteiger partial charge in [-0.2, -0.15) is 10.4 Å². The van der Waals surface area contributed by atoms with Crippen LogP contribution in [-0.4, -0.2) is 22.5 Å².